The zero-order valence-electron chi connectivity index (χ0n) is 28.1. The summed E-state index contributed by atoms with van der Waals surface area (Å²) in [5.41, 5.74) is 5.08. The van der Waals surface area contributed by atoms with Crippen LogP contribution in [-0.4, -0.2) is 45.0 Å². The highest BCUT2D eigenvalue weighted by atomic mass is 16.6. The first-order chi connectivity index (χ1) is 21.5. The Labute approximate surface area is 271 Å². The molecule has 3 N–H and O–H groups in total. The van der Waals surface area contributed by atoms with Gasteiger partial charge in [-0.1, -0.05) is 35.5 Å². The van der Waals surface area contributed by atoms with E-state index in [1.54, 1.807) is 19.1 Å². The smallest absolute Gasteiger partial charge is 0.244 e. The molecule has 2 fully saturated rings. The number of aromatic hydroxyl groups is 1. The summed E-state index contributed by atoms with van der Waals surface area (Å²) >= 11 is 0. The predicted molar refractivity (Wildman–Crippen MR) is 176 cm³/mol. The molecule has 1 spiro atoms. The number of nitrogens with two attached hydrogens (primary N) is 1. The van der Waals surface area contributed by atoms with Gasteiger partial charge in [0.05, 0.1) is 11.2 Å². The zero-order valence-corrected chi connectivity index (χ0v) is 28.1. The second-order valence-electron chi connectivity index (χ2n) is 14.8. The molecular formula is C38H45NO7. The van der Waals surface area contributed by atoms with Crippen LogP contribution in [0.4, 0.5) is 0 Å². The second kappa shape index (κ2) is 10.6. The Kier molecular flexibility index (Phi) is 7.36. The maximum atomic E-state index is 14.7. The van der Waals surface area contributed by atoms with Crippen molar-refractivity contribution in [2.75, 3.05) is 0 Å². The molecule has 1 aromatic carbocycles. The molecule has 1 unspecified atom stereocenters. The van der Waals surface area contributed by atoms with Gasteiger partial charge in [-0.05, 0) is 93.2 Å². The minimum atomic E-state index is -1.57. The molecule has 5 atom stereocenters. The lowest BCUT2D eigenvalue weighted by atomic mass is 9.51. The Morgan fingerprint density at radius 1 is 1.02 bits per heavy atom. The average molecular weight is 628 g/mol. The molecule has 6 aliphatic rings. The molecule has 4 bridgehead atoms. The largest absolute Gasteiger partial charge is 0.506 e. The quantitative estimate of drug-likeness (QED) is 0.245. The molecule has 3 heterocycles. The van der Waals surface area contributed by atoms with Crippen LogP contribution in [0.1, 0.15) is 103 Å². The number of phenolic OH excluding ortho intramolecular Hbond substituents is 1. The van der Waals surface area contributed by atoms with E-state index in [1.165, 1.54) is 5.57 Å². The van der Waals surface area contributed by atoms with Gasteiger partial charge in [0, 0.05) is 35.0 Å². The van der Waals surface area contributed by atoms with Gasteiger partial charge in [0.15, 0.2) is 22.8 Å². The van der Waals surface area contributed by atoms with Gasteiger partial charge in [-0.25, -0.2) is 0 Å². The Morgan fingerprint density at radius 3 is 2.37 bits per heavy atom. The molecule has 8 nitrogen and oxygen atoms in total. The van der Waals surface area contributed by atoms with Gasteiger partial charge in [0.2, 0.25) is 5.91 Å². The Bertz CT molecular complexity index is 1730. The van der Waals surface area contributed by atoms with Crippen molar-refractivity contribution in [3.63, 3.8) is 0 Å². The molecular weight excluding hydrogens is 582 g/mol. The summed E-state index contributed by atoms with van der Waals surface area (Å²) in [6.07, 6.45) is 13.7. The van der Waals surface area contributed by atoms with Crippen molar-refractivity contribution in [1.29, 1.82) is 0 Å². The highest BCUT2D eigenvalue weighted by Gasteiger charge is 2.81. The first kappa shape index (κ1) is 32.0. The molecule has 244 valence electrons. The molecule has 1 saturated carbocycles. The molecule has 46 heavy (non-hydrogen) atoms. The van der Waals surface area contributed by atoms with E-state index in [1.807, 2.05) is 52.8 Å². The van der Waals surface area contributed by atoms with Crippen LogP contribution in [0.25, 0.3) is 6.08 Å². The van der Waals surface area contributed by atoms with Gasteiger partial charge in [-0.15, -0.1) is 0 Å². The van der Waals surface area contributed by atoms with Gasteiger partial charge < -0.3 is 25.1 Å². The van der Waals surface area contributed by atoms with Crippen molar-refractivity contribution < 1.29 is 33.7 Å². The monoisotopic (exact) mass is 627 g/mol. The summed E-state index contributed by atoms with van der Waals surface area (Å²) in [4.78, 5) is 41.1. The Hall–Kier alpha value is -3.91. The number of benzene rings is 1. The van der Waals surface area contributed by atoms with E-state index >= 15 is 0 Å². The number of carbonyl (C=O) groups is 3. The van der Waals surface area contributed by atoms with Crippen LogP contribution >= 0.6 is 0 Å². The van der Waals surface area contributed by atoms with E-state index < -0.39 is 34.2 Å². The van der Waals surface area contributed by atoms with E-state index in [0.717, 1.165) is 12.0 Å². The minimum Gasteiger partial charge on any atom is -0.506 e. The van der Waals surface area contributed by atoms with Crippen molar-refractivity contribution in [3.05, 3.63) is 69.4 Å². The van der Waals surface area contributed by atoms with Gasteiger partial charge in [-0.2, -0.15) is 0 Å². The van der Waals surface area contributed by atoms with Crippen LogP contribution in [0.2, 0.25) is 0 Å². The number of fused-ring (bicyclic) bond motifs is 2. The lowest BCUT2D eigenvalue weighted by Crippen LogP contribution is -2.72. The highest BCUT2D eigenvalue weighted by molar-refractivity contribution is 6.19. The van der Waals surface area contributed by atoms with E-state index in [2.05, 4.69) is 19.9 Å². The Balaban J connectivity index is 1.59. The van der Waals surface area contributed by atoms with Crippen LogP contribution in [0.5, 0.6) is 17.2 Å². The van der Waals surface area contributed by atoms with E-state index in [9.17, 15) is 19.5 Å². The van der Waals surface area contributed by atoms with Gasteiger partial charge in [0.25, 0.3) is 0 Å². The Morgan fingerprint density at radius 2 is 1.72 bits per heavy atom. The van der Waals surface area contributed by atoms with E-state index in [0.29, 0.717) is 47.3 Å². The summed E-state index contributed by atoms with van der Waals surface area (Å²) < 4.78 is 20.7. The molecule has 8 heteroatoms. The number of carbonyl (C=O) groups excluding carboxylic acids is 3. The molecule has 3 aliphatic carbocycles. The summed E-state index contributed by atoms with van der Waals surface area (Å²) in [7, 11) is 0. The molecule has 7 rings (SSSR count). The third-order valence-electron chi connectivity index (χ3n) is 10.5. The number of rotatable bonds is 8. The van der Waals surface area contributed by atoms with Crippen LogP contribution in [0.3, 0.4) is 0 Å². The standard InChI is InChI=1S/C38H45NO7/c1-20(2)10-9-15-36(8)16-14-24-29(40)28-30(41)26-18-23-19-27-35(6,7)46-37(33(23)42,17-13-22(5)34(39)43)38(26,27)45-32(28)25(31(24)44-36)12-11-21(3)4/h10-11,13-14,16,18,23,27,40H,9,12,15,17,19H2,1-8H3,(H2,39,43)/b22-13-/t23?,27-,36+,37-,38+/m0/s1. The van der Waals surface area contributed by atoms with Crippen LogP contribution in [0.15, 0.2) is 52.7 Å². The fourth-order valence-electron chi connectivity index (χ4n) is 8.19. The van der Waals surface area contributed by atoms with E-state index in [-0.39, 0.29) is 41.0 Å². The predicted octanol–water partition coefficient (Wildman–Crippen LogP) is 6.64. The molecule has 1 amide bonds. The summed E-state index contributed by atoms with van der Waals surface area (Å²) in [5.74, 6) is -1.59. The average Bonchev–Trinajstić information content (AvgIpc) is 3.12. The molecule has 1 saturated heterocycles. The minimum absolute atomic E-state index is 0.0128. The van der Waals surface area contributed by atoms with Crippen molar-refractivity contribution in [3.8, 4) is 17.2 Å². The second-order valence-corrected chi connectivity index (χ2v) is 14.8. The van der Waals surface area contributed by atoms with Crippen molar-refractivity contribution in [1.82, 2.24) is 0 Å². The number of amides is 1. The van der Waals surface area contributed by atoms with Crippen molar-refractivity contribution in [2.45, 2.75) is 110 Å². The molecule has 0 aromatic heterocycles. The first-order valence-corrected chi connectivity index (χ1v) is 16.2. The number of primary amides is 1. The molecule has 0 radical (unpaired) electrons. The van der Waals surface area contributed by atoms with Crippen molar-refractivity contribution >= 4 is 23.5 Å². The van der Waals surface area contributed by atoms with Gasteiger partial charge in [-0.3, -0.25) is 14.4 Å². The van der Waals surface area contributed by atoms with Crippen LogP contribution in [0, 0.1) is 11.8 Å². The van der Waals surface area contributed by atoms with Gasteiger partial charge in [0.1, 0.15) is 28.4 Å². The third-order valence-corrected chi connectivity index (χ3v) is 10.5. The number of ether oxygens (including phenoxy) is 3. The fraction of sp³-hybridized carbons (Fsp3) is 0.500. The van der Waals surface area contributed by atoms with Gasteiger partial charge >= 0.3 is 0 Å². The number of hydrogen-bond acceptors (Lipinski definition) is 7. The first-order valence-electron chi connectivity index (χ1n) is 16.2. The number of ketones is 2. The number of Topliss-reactive ketones (excluding diaryl/α,β-unsaturated/α-hetero) is 2. The molecule has 1 aromatic rings. The number of allylic oxidation sites excluding steroid dienone is 5. The third kappa shape index (κ3) is 4.47. The lowest BCUT2D eigenvalue weighted by Gasteiger charge is -2.56. The lowest BCUT2D eigenvalue weighted by molar-refractivity contribution is -0.171. The summed E-state index contributed by atoms with van der Waals surface area (Å²) in [6.45, 7) is 15.6. The fourth-order valence-corrected chi connectivity index (χ4v) is 8.19. The SMILES string of the molecule is CC(C)=CCC[C@]1(C)C=Cc2c(O)c3c(c(CC=C(C)C)c2O1)O[C@]12C(=CC4C[C@H]1C(C)(C)O[C@@]2(C/C=C(/C)C(N)=O)C4=O)C3=O. The number of hydrogen-bond donors (Lipinski definition) is 2. The highest BCUT2D eigenvalue weighted by Crippen LogP contribution is 2.68. The summed E-state index contributed by atoms with van der Waals surface area (Å²) in [5, 5.41) is 11.8. The maximum absolute atomic E-state index is 14.7. The van der Waals surface area contributed by atoms with Crippen LogP contribution < -0.4 is 15.2 Å². The van der Waals surface area contributed by atoms with E-state index in [4.69, 9.17) is 19.9 Å². The van der Waals surface area contributed by atoms with Crippen molar-refractivity contribution in [2.24, 2.45) is 17.6 Å². The topological polar surface area (TPSA) is 125 Å². The summed E-state index contributed by atoms with van der Waals surface area (Å²) in [6, 6.07) is 0. The molecule has 3 aliphatic heterocycles. The maximum Gasteiger partial charge on any atom is 0.244 e. The zero-order chi connectivity index (χ0) is 33.6. The normalized spacial score (nSPS) is 31.2. The number of phenols is 1. The van der Waals surface area contributed by atoms with Crippen LogP contribution in [-0.2, 0) is 20.7 Å².